The van der Waals surface area contributed by atoms with Crippen LogP contribution in [0.2, 0.25) is 0 Å². The monoisotopic (exact) mass is 1080 g/mol. The van der Waals surface area contributed by atoms with Crippen LogP contribution in [0.5, 0.6) is 0 Å². The summed E-state index contributed by atoms with van der Waals surface area (Å²) in [5.41, 5.74) is 2.97. The zero-order chi connectivity index (χ0) is 48.6. The van der Waals surface area contributed by atoms with E-state index < -0.39 is 22.9 Å². The first-order valence-electron chi connectivity index (χ1n) is 22.1. The Bertz CT molecular complexity index is 2750. The zero-order valence-electron chi connectivity index (χ0n) is 39.7. The summed E-state index contributed by atoms with van der Waals surface area (Å²) in [4.78, 5) is 53.6. The SMILES string of the molecule is Cc1cc(N(C(=O)OC(C)(C)C)c2cc(C3CCCN(C(=O)OC(C)(C)C)C3)nc3c(Br)cnn23)sn1.Cc1cc(Nc2cc(C3CCCN(C(=O)OC(C)(C)C)C3)nc3c(Br)cnn23)sn1. The van der Waals surface area contributed by atoms with E-state index in [0.717, 1.165) is 69.4 Å². The van der Waals surface area contributed by atoms with Gasteiger partial charge >= 0.3 is 18.3 Å². The number of hydrogen-bond donors (Lipinski definition) is 1. The van der Waals surface area contributed by atoms with Gasteiger partial charge in [0, 0.05) is 50.1 Å². The van der Waals surface area contributed by atoms with Crippen LogP contribution in [0.3, 0.4) is 0 Å². The molecule has 0 bridgehead atoms. The van der Waals surface area contributed by atoms with E-state index in [2.05, 4.69) is 56.1 Å². The number of rotatable bonds is 6. The molecular formula is C45H58Br2N12O6S2. The third-order valence-electron chi connectivity index (χ3n) is 10.4. The number of likely N-dealkylation sites (tertiary alicyclic amines) is 2. The number of carbonyl (C=O) groups is 3. The van der Waals surface area contributed by atoms with Crippen molar-refractivity contribution in [1.82, 2.24) is 47.7 Å². The van der Waals surface area contributed by atoms with Gasteiger partial charge in [-0.05, 0) is 169 Å². The van der Waals surface area contributed by atoms with Gasteiger partial charge in [-0.15, -0.1) is 0 Å². The molecule has 3 amide bonds. The number of fused-ring (bicyclic) bond motifs is 2. The second-order valence-electron chi connectivity index (χ2n) is 19.7. The number of ether oxygens (including phenoxy) is 3. The lowest BCUT2D eigenvalue weighted by molar-refractivity contribution is 0.0187. The summed E-state index contributed by atoms with van der Waals surface area (Å²) in [6.45, 7) is 22.9. The van der Waals surface area contributed by atoms with Crippen molar-refractivity contribution in [3.63, 3.8) is 0 Å². The minimum absolute atomic E-state index is 0.0458. The quantitative estimate of drug-likeness (QED) is 0.155. The van der Waals surface area contributed by atoms with Crippen LogP contribution in [0.15, 0.2) is 45.6 Å². The molecule has 0 aliphatic carbocycles. The second-order valence-corrected chi connectivity index (χ2v) is 23.0. The van der Waals surface area contributed by atoms with Crippen molar-refractivity contribution in [2.24, 2.45) is 0 Å². The number of carbonyl (C=O) groups excluding carboxylic acids is 3. The molecule has 8 rings (SSSR count). The summed E-state index contributed by atoms with van der Waals surface area (Å²) in [5, 5.41) is 13.9. The zero-order valence-corrected chi connectivity index (χ0v) is 44.5. The maximum Gasteiger partial charge on any atom is 0.421 e. The highest BCUT2D eigenvalue weighted by Gasteiger charge is 2.34. The van der Waals surface area contributed by atoms with Crippen molar-refractivity contribution in [2.75, 3.05) is 36.4 Å². The highest BCUT2D eigenvalue weighted by molar-refractivity contribution is 9.11. The molecule has 8 heterocycles. The summed E-state index contributed by atoms with van der Waals surface area (Å²) in [6.07, 6.45) is 5.78. The number of nitrogens with zero attached hydrogens (tertiary/aromatic N) is 11. The Morgan fingerprint density at radius 2 is 1.18 bits per heavy atom. The lowest BCUT2D eigenvalue weighted by atomic mass is 9.94. The van der Waals surface area contributed by atoms with Gasteiger partial charge in [-0.2, -0.15) is 28.0 Å². The second kappa shape index (κ2) is 20.0. The first-order valence-corrected chi connectivity index (χ1v) is 25.3. The summed E-state index contributed by atoms with van der Waals surface area (Å²) < 4.78 is 30.6. The van der Waals surface area contributed by atoms with Crippen molar-refractivity contribution in [1.29, 1.82) is 0 Å². The highest BCUT2D eigenvalue weighted by atomic mass is 79.9. The molecule has 2 aliphatic rings. The molecule has 2 atom stereocenters. The molecular weight excluding hydrogens is 1030 g/mol. The van der Waals surface area contributed by atoms with Crippen molar-refractivity contribution >= 4 is 106 Å². The van der Waals surface area contributed by atoms with E-state index in [-0.39, 0.29) is 24.0 Å². The van der Waals surface area contributed by atoms with Crippen LogP contribution < -0.4 is 10.2 Å². The van der Waals surface area contributed by atoms with Crippen LogP contribution >= 0.6 is 54.9 Å². The van der Waals surface area contributed by atoms with E-state index in [1.54, 1.807) is 31.2 Å². The molecule has 67 heavy (non-hydrogen) atoms. The number of halogens is 2. The van der Waals surface area contributed by atoms with Gasteiger partial charge in [0.25, 0.3) is 0 Å². The van der Waals surface area contributed by atoms with Crippen LogP contribution in [0.1, 0.15) is 123 Å². The number of aryl methyl sites for hydroxylation is 2. The average Bonchev–Trinajstić information content (AvgIpc) is 4.04. The van der Waals surface area contributed by atoms with Crippen LogP contribution in [0.4, 0.5) is 36.0 Å². The van der Waals surface area contributed by atoms with E-state index in [1.165, 1.54) is 28.0 Å². The lowest BCUT2D eigenvalue weighted by Crippen LogP contribution is -2.42. The Hall–Kier alpha value is -4.93. The Kier molecular flexibility index (Phi) is 14.9. The smallest absolute Gasteiger partial charge is 0.421 e. The van der Waals surface area contributed by atoms with Crippen LogP contribution in [0, 0.1) is 13.8 Å². The third-order valence-corrected chi connectivity index (χ3v) is 13.2. The number of amides is 3. The fourth-order valence-electron chi connectivity index (χ4n) is 7.59. The fraction of sp³-hybridized carbons (Fsp3) is 0.533. The van der Waals surface area contributed by atoms with Crippen molar-refractivity contribution in [3.05, 3.63) is 68.4 Å². The largest absolute Gasteiger partial charge is 0.444 e. The van der Waals surface area contributed by atoms with E-state index >= 15 is 0 Å². The van der Waals surface area contributed by atoms with Gasteiger partial charge in [0.15, 0.2) is 11.3 Å². The number of hydrogen-bond acceptors (Lipinski definition) is 15. The molecule has 2 aliphatic heterocycles. The van der Waals surface area contributed by atoms with Crippen LogP contribution in [-0.4, -0.2) is 109 Å². The molecule has 360 valence electrons. The van der Waals surface area contributed by atoms with Gasteiger partial charge in [-0.1, -0.05) is 0 Å². The molecule has 2 unspecified atom stereocenters. The first kappa shape index (κ1) is 50.0. The normalized spacial score (nSPS) is 17.0. The Balaban J connectivity index is 0.000000203. The molecule has 22 heteroatoms. The Labute approximate surface area is 415 Å². The highest BCUT2D eigenvalue weighted by Crippen LogP contribution is 2.37. The summed E-state index contributed by atoms with van der Waals surface area (Å²) >= 11 is 9.71. The van der Waals surface area contributed by atoms with E-state index in [0.29, 0.717) is 47.1 Å². The number of nitrogens with one attached hydrogen (secondary N) is 1. The van der Waals surface area contributed by atoms with Gasteiger partial charge in [0.2, 0.25) is 0 Å². The fourth-order valence-corrected chi connectivity index (χ4v) is 9.72. The summed E-state index contributed by atoms with van der Waals surface area (Å²) in [7, 11) is 0. The maximum absolute atomic E-state index is 13.5. The third kappa shape index (κ3) is 12.6. The minimum Gasteiger partial charge on any atom is -0.444 e. The lowest BCUT2D eigenvalue weighted by Gasteiger charge is -2.34. The standard InChI is InChI=1S/C25H33BrN6O4S.C20H25BrN6O2S/c1-15-11-20(37-29-15)31(23(34)36-25(5,6)7)19-12-18(28-21-17(26)13-27-32(19)21)16-9-8-10-30(14-16)22(33)35-24(2,3)4;1-12-8-17(30-25-12)24-16-9-15(23-18-14(21)10-22-27(16)18)13-6-5-7-26(11-13)19(28)29-20(2,3)4/h11-13,16H,8-10,14H2,1-7H3;8-10,13,24H,5-7,11H2,1-4H3. The molecule has 2 fully saturated rings. The van der Waals surface area contributed by atoms with Gasteiger partial charge in [-0.25, -0.2) is 29.3 Å². The van der Waals surface area contributed by atoms with Crippen molar-refractivity contribution < 1.29 is 28.6 Å². The van der Waals surface area contributed by atoms with E-state index in [1.807, 2.05) is 100 Å². The van der Waals surface area contributed by atoms with Gasteiger partial charge in [-0.3, -0.25) is 0 Å². The number of piperidine rings is 2. The van der Waals surface area contributed by atoms with Crippen LogP contribution in [-0.2, 0) is 14.2 Å². The molecule has 0 saturated carbocycles. The average molecular weight is 1090 g/mol. The predicted molar refractivity (Wildman–Crippen MR) is 266 cm³/mol. The van der Waals surface area contributed by atoms with Gasteiger partial charge in [0.1, 0.15) is 38.4 Å². The molecule has 0 radical (unpaired) electrons. The first-order chi connectivity index (χ1) is 31.4. The molecule has 18 nitrogen and oxygen atoms in total. The topological polar surface area (TPSA) is 187 Å². The molecule has 0 spiro atoms. The molecule has 2 saturated heterocycles. The summed E-state index contributed by atoms with van der Waals surface area (Å²) in [6, 6.07) is 7.71. The van der Waals surface area contributed by atoms with E-state index in [4.69, 9.17) is 24.2 Å². The number of anilines is 4. The van der Waals surface area contributed by atoms with Gasteiger partial charge in [0.05, 0.1) is 44.1 Å². The van der Waals surface area contributed by atoms with Gasteiger partial charge < -0.3 is 29.3 Å². The molecule has 0 aromatic carbocycles. The van der Waals surface area contributed by atoms with Crippen molar-refractivity contribution in [2.45, 2.75) is 130 Å². The van der Waals surface area contributed by atoms with E-state index in [9.17, 15) is 14.4 Å². The minimum atomic E-state index is -0.702. The molecule has 6 aromatic rings. The van der Waals surface area contributed by atoms with Crippen molar-refractivity contribution in [3.8, 4) is 0 Å². The van der Waals surface area contributed by atoms with Crippen LogP contribution in [0.25, 0.3) is 11.3 Å². The summed E-state index contributed by atoms with van der Waals surface area (Å²) in [5.74, 6) is 1.38. The Morgan fingerprint density at radius 1 is 0.687 bits per heavy atom. The molecule has 6 aromatic heterocycles. The number of aromatic nitrogens is 8. The molecule has 1 N–H and O–H groups in total. The maximum atomic E-state index is 13.5. The Morgan fingerprint density at radius 3 is 1.67 bits per heavy atom. The predicted octanol–water partition coefficient (Wildman–Crippen LogP) is 11.6.